The summed E-state index contributed by atoms with van der Waals surface area (Å²) in [5.41, 5.74) is 0.556. The number of nitrogens with zero attached hydrogens (tertiary/aromatic N) is 3. The summed E-state index contributed by atoms with van der Waals surface area (Å²) in [7, 11) is 0. The van der Waals surface area contributed by atoms with Crippen LogP contribution in [0.15, 0.2) is 23.4 Å². The van der Waals surface area contributed by atoms with Gasteiger partial charge in [0.05, 0.1) is 5.56 Å². The number of pyridine rings is 1. The van der Waals surface area contributed by atoms with Gasteiger partial charge in [0.15, 0.2) is 0 Å². The minimum absolute atomic E-state index is 0.199. The van der Waals surface area contributed by atoms with Crippen molar-refractivity contribution in [1.29, 1.82) is 0 Å². The van der Waals surface area contributed by atoms with Crippen molar-refractivity contribution in [2.24, 2.45) is 5.92 Å². The highest BCUT2D eigenvalue weighted by molar-refractivity contribution is 7.98. The van der Waals surface area contributed by atoms with Crippen LogP contribution in [0, 0.1) is 5.92 Å². The highest BCUT2D eigenvalue weighted by atomic mass is 32.2. The first-order chi connectivity index (χ1) is 9.60. The topological polar surface area (TPSA) is 67.8 Å². The zero-order valence-corrected chi connectivity index (χ0v) is 13.2. The van der Waals surface area contributed by atoms with Crippen LogP contribution in [0.4, 0.5) is 5.13 Å². The number of carbonyl (C=O) groups excluding carboxylic acids is 1. The number of anilines is 1. The lowest BCUT2D eigenvalue weighted by atomic mass is 10.1. The molecular weight excluding hydrogens is 292 g/mol. The van der Waals surface area contributed by atoms with Gasteiger partial charge >= 0.3 is 0 Å². The van der Waals surface area contributed by atoms with Crippen LogP contribution >= 0.6 is 23.1 Å². The van der Waals surface area contributed by atoms with Crippen molar-refractivity contribution in [3.63, 3.8) is 0 Å². The van der Waals surface area contributed by atoms with E-state index in [9.17, 15) is 4.79 Å². The molecule has 0 saturated carbocycles. The van der Waals surface area contributed by atoms with Crippen LogP contribution in [0.25, 0.3) is 0 Å². The third-order valence-corrected chi connectivity index (χ3v) is 4.05. The van der Waals surface area contributed by atoms with Gasteiger partial charge in [-0.2, -0.15) is 0 Å². The van der Waals surface area contributed by atoms with Crippen molar-refractivity contribution in [3.05, 3.63) is 28.9 Å². The van der Waals surface area contributed by atoms with E-state index < -0.39 is 0 Å². The molecule has 1 amide bonds. The van der Waals surface area contributed by atoms with Gasteiger partial charge in [0.2, 0.25) is 5.13 Å². The third kappa shape index (κ3) is 3.77. The van der Waals surface area contributed by atoms with Crippen LogP contribution in [0.1, 0.15) is 29.2 Å². The van der Waals surface area contributed by atoms with Gasteiger partial charge in [-0.25, -0.2) is 4.98 Å². The molecule has 0 aliphatic carbocycles. The molecule has 0 atom stereocenters. The Morgan fingerprint density at radius 3 is 2.95 bits per heavy atom. The van der Waals surface area contributed by atoms with Gasteiger partial charge in [-0.05, 0) is 24.3 Å². The molecule has 5 nitrogen and oxygen atoms in total. The molecule has 7 heteroatoms. The van der Waals surface area contributed by atoms with E-state index in [1.165, 1.54) is 23.1 Å². The Morgan fingerprint density at radius 1 is 1.45 bits per heavy atom. The van der Waals surface area contributed by atoms with E-state index in [4.69, 9.17) is 0 Å². The van der Waals surface area contributed by atoms with Crippen molar-refractivity contribution < 1.29 is 4.79 Å². The molecule has 0 saturated heterocycles. The first-order valence-electron chi connectivity index (χ1n) is 6.23. The van der Waals surface area contributed by atoms with Crippen molar-refractivity contribution in [1.82, 2.24) is 15.2 Å². The van der Waals surface area contributed by atoms with Crippen LogP contribution in [0.5, 0.6) is 0 Å². The van der Waals surface area contributed by atoms with E-state index in [1.807, 2.05) is 6.26 Å². The smallest absolute Gasteiger partial charge is 0.260 e. The summed E-state index contributed by atoms with van der Waals surface area (Å²) in [4.78, 5) is 16.4. The van der Waals surface area contributed by atoms with Gasteiger partial charge in [0, 0.05) is 12.6 Å². The highest BCUT2D eigenvalue weighted by Crippen LogP contribution is 2.21. The largest absolute Gasteiger partial charge is 0.296 e. The average molecular weight is 308 g/mol. The summed E-state index contributed by atoms with van der Waals surface area (Å²) in [6.45, 7) is 4.25. The molecule has 20 heavy (non-hydrogen) atoms. The molecule has 2 aromatic rings. The Morgan fingerprint density at radius 2 is 2.25 bits per heavy atom. The van der Waals surface area contributed by atoms with E-state index in [1.54, 1.807) is 18.3 Å². The van der Waals surface area contributed by atoms with Crippen LogP contribution in [-0.4, -0.2) is 27.3 Å². The monoisotopic (exact) mass is 308 g/mol. The fourth-order valence-corrected chi connectivity index (χ4v) is 3.12. The Hall–Kier alpha value is -1.47. The SMILES string of the molecule is CSc1ncccc1C(=O)Nc1nnc(CC(C)C)s1. The number of hydrogen-bond donors (Lipinski definition) is 1. The van der Waals surface area contributed by atoms with Gasteiger partial charge in [0.25, 0.3) is 5.91 Å². The number of aromatic nitrogens is 3. The molecule has 2 aromatic heterocycles. The fraction of sp³-hybridized carbons (Fsp3) is 0.385. The van der Waals surface area contributed by atoms with E-state index in [2.05, 4.69) is 34.3 Å². The lowest BCUT2D eigenvalue weighted by molar-refractivity contribution is 0.102. The maximum absolute atomic E-state index is 12.2. The first kappa shape index (κ1) is 14.9. The third-order valence-electron chi connectivity index (χ3n) is 2.48. The Balaban J connectivity index is 2.09. The standard InChI is InChI=1S/C13H16N4OS2/c1-8(2)7-10-16-17-13(20-10)15-11(18)9-5-4-6-14-12(9)19-3/h4-6,8H,7H2,1-3H3,(H,15,17,18). The minimum Gasteiger partial charge on any atom is -0.296 e. The lowest BCUT2D eigenvalue weighted by Gasteiger charge is -2.04. The molecule has 0 unspecified atom stereocenters. The van der Waals surface area contributed by atoms with Gasteiger partial charge in [0.1, 0.15) is 10.0 Å². The van der Waals surface area contributed by atoms with E-state index in [0.29, 0.717) is 21.6 Å². The van der Waals surface area contributed by atoms with Crippen molar-refractivity contribution in [2.75, 3.05) is 11.6 Å². The number of thioether (sulfide) groups is 1. The average Bonchev–Trinajstić information content (AvgIpc) is 2.85. The second-order valence-electron chi connectivity index (χ2n) is 4.61. The maximum atomic E-state index is 12.2. The van der Waals surface area contributed by atoms with E-state index in [0.717, 1.165) is 11.4 Å². The molecule has 2 rings (SSSR count). The molecule has 0 spiro atoms. The summed E-state index contributed by atoms with van der Waals surface area (Å²) >= 11 is 2.86. The number of amides is 1. The lowest BCUT2D eigenvalue weighted by Crippen LogP contribution is -2.13. The number of hydrogen-bond acceptors (Lipinski definition) is 6. The number of carbonyl (C=O) groups is 1. The predicted octanol–water partition coefficient (Wildman–Crippen LogP) is 3.11. The highest BCUT2D eigenvalue weighted by Gasteiger charge is 2.14. The zero-order valence-electron chi connectivity index (χ0n) is 11.6. The van der Waals surface area contributed by atoms with Crippen molar-refractivity contribution >= 4 is 34.1 Å². The molecular formula is C13H16N4OS2. The summed E-state index contributed by atoms with van der Waals surface area (Å²) in [5, 5.41) is 13.0. The van der Waals surface area contributed by atoms with Crippen LogP contribution in [-0.2, 0) is 6.42 Å². The molecule has 0 bridgehead atoms. The Bertz CT molecular complexity index is 598. The molecule has 0 aliphatic heterocycles. The van der Waals surface area contributed by atoms with Gasteiger partial charge in [-0.3, -0.25) is 10.1 Å². The van der Waals surface area contributed by atoms with E-state index in [-0.39, 0.29) is 5.91 Å². The Labute approximate surface area is 126 Å². The quantitative estimate of drug-likeness (QED) is 0.860. The molecule has 2 heterocycles. The van der Waals surface area contributed by atoms with Crippen molar-refractivity contribution in [2.45, 2.75) is 25.3 Å². The maximum Gasteiger partial charge on any atom is 0.260 e. The van der Waals surface area contributed by atoms with Crippen LogP contribution in [0.3, 0.4) is 0 Å². The van der Waals surface area contributed by atoms with Crippen LogP contribution < -0.4 is 5.32 Å². The summed E-state index contributed by atoms with van der Waals surface area (Å²) in [5.74, 6) is 0.322. The summed E-state index contributed by atoms with van der Waals surface area (Å²) in [6, 6.07) is 3.50. The van der Waals surface area contributed by atoms with Crippen molar-refractivity contribution in [3.8, 4) is 0 Å². The molecule has 0 aromatic carbocycles. The summed E-state index contributed by atoms with van der Waals surface area (Å²) in [6.07, 6.45) is 4.44. The molecule has 0 radical (unpaired) electrons. The van der Waals surface area contributed by atoms with Gasteiger partial charge < -0.3 is 0 Å². The van der Waals surface area contributed by atoms with Crippen LogP contribution in [0.2, 0.25) is 0 Å². The van der Waals surface area contributed by atoms with Gasteiger partial charge in [-0.1, -0.05) is 25.2 Å². The minimum atomic E-state index is -0.199. The molecule has 106 valence electrons. The normalized spacial score (nSPS) is 10.8. The Kier molecular flexibility index (Phi) is 5.08. The number of rotatable bonds is 5. The molecule has 1 N–H and O–H groups in total. The second-order valence-corrected chi connectivity index (χ2v) is 6.47. The molecule has 0 aliphatic rings. The zero-order chi connectivity index (χ0) is 14.5. The predicted molar refractivity (Wildman–Crippen MR) is 82.4 cm³/mol. The second kappa shape index (κ2) is 6.81. The summed E-state index contributed by atoms with van der Waals surface area (Å²) < 4.78 is 0. The first-order valence-corrected chi connectivity index (χ1v) is 8.27. The van der Waals surface area contributed by atoms with Gasteiger partial charge in [-0.15, -0.1) is 22.0 Å². The molecule has 0 fully saturated rings. The number of nitrogens with one attached hydrogen (secondary N) is 1. The van der Waals surface area contributed by atoms with E-state index >= 15 is 0 Å². The fourth-order valence-electron chi connectivity index (χ4n) is 1.63.